The summed E-state index contributed by atoms with van der Waals surface area (Å²) < 4.78 is 20.4. The molecule has 5 heteroatoms. The van der Waals surface area contributed by atoms with Crippen molar-refractivity contribution in [1.82, 2.24) is 5.32 Å². The molecular weight excluding hydrogens is 361 g/mol. The molecule has 0 aromatic heterocycles. The molecule has 0 amide bonds. The van der Waals surface area contributed by atoms with Gasteiger partial charge in [0.1, 0.15) is 18.2 Å². The van der Waals surface area contributed by atoms with E-state index >= 15 is 0 Å². The first-order valence-corrected chi connectivity index (χ1v) is 8.21. The van der Waals surface area contributed by atoms with Gasteiger partial charge < -0.3 is 15.2 Å². The molecule has 0 aliphatic heterocycles. The van der Waals surface area contributed by atoms with Crippen LogP contribution in [0.5, 0.6) is 5.75 Å². The number of hydrogen-bond acceptors (Lipinski definition) is 3. The number of aliphatic hydroxyl groups is 1. The summed E-state index contributed by atoms with van der Waals surface area (Å²) in [5.41, 5.74) is 1.08. The Balaban J connectivity index is 2.10. The third kappa shape index (κ3) is 5.30. The minimum absolute atomic E-state index is 0.0341. The summed E-state index contributed by atoms with van der Waals surface area (Å²) in [6.07, 6.45) is 0. The predicted molar refractivity (Wildman–Crippen MR) is 92.9 cm³/mol. The van der Waals surface area contributed by atoms with Crippen LogP contribution in [0, 0.1) is 5.82 Å². The SMILES string of the molecule is CC(C)(CO)NCc1cc(Br)ccc1OCc1ccccc1F. The Morgan fingerprint density at radius 2 is 1.91 bits per heavy atom. The van der Waals surface area contributed by atoms with Crippen molar-refractivity contribution in [3.8, 4) is 5.75 Å². The van der Waals surface area contributed by atoms with E-state index in [-0.39, 0.29) is 24.6 Å². The molecule has 0 bridgehead atoms. The number of ether oxygens (including phenoxy) is 1. The van der Waals surface area contributed by atoms with Gasteiger partial charge in [0.25, 0.3) is 0 Å². The molecule has 2 aromatic carbocycles. The monoisotopic (exact) mass is 381 g/mol. The molecule has 0 radical (unpaired) electrons. The fraction of sp³-hybridized carbons (Fsp3) is 0.333. The van der Waals surface area contributed by atoms with Crippen LogP contribution in [0.2, 0.25) is 0 Å². The van der Waals surface area contributed by atoms with Gasteiger partial charge in [-0.15, -0.1) is 0 Å². The number of aliphatic hydroxyl groups excluding tert-OH is 1. The van der Waals surface area contributed by atoms with Crippen molar-refractivity contribution in [2.24, 2.45) is 0 Å². The Morgan fingerprint density at radius 1 is 1.17 bits per heavy atom. The zero-order valence-corrected chi connectivity index (χ0v) is 14.9. The van der Waals surface area contributed by atoms with Crippen LogP contribution in [-0.4, -0.2) is 17.3 Å². The molecule has 0 unspecified atom stereocenters. The Hall–Kier alpha value is -1.43. The molecule has 0 heterocycles. The second-order valence-electron chi connectivity index (χ2n) is 6.03. The Kier molecular flexibility index (Phi) is 6.16. The van der Waals surface area contributed by atoms with Crippen molar-refractivity contribution < 1.29 is 14.2 Å². The van der Waals surface area contributed by atoms with E-state index in [1.807, 2.05) is 32.0 Å². The Labute approximate surface area is 144 Å². The summed E-state index contributed by atoms with van der Waals surface area (Å²) in [7, 11) is 0. The van der Waals surface area contributed by atoms with Crippen molar-refractivity contribution in [3.05, 3.63) is 63.9 Å². The highest BCUT2D eigenvalue weighted by Crippen LogP contribution is 2.25. The average molecular weight is 382 g/mol. The Bertz CT molecular complexity index is 661. The molecule has 23 heavy (non-hydrogen) atoms. The highest BCUT2D eigenvalue weighted by Gasteiger charge is 2.16. The van der Waals surface area contributed by atoms with E-state index < -0.39 is 0 Å². The molecule has 0 aliphatic rings. The van der Waals surface area contributed by atoms with Gasteiger partial charge in [-0.2, -0.15) is 0 Å². The molecule has 0 atom stereocenters. The van der Waals surface area contributed by atoms with Gasteiger partial charge in [-0.1, -0.05) is 34.1 Å². The smallest absolute Gasteiger partial charge is 0.129 e. The van der Waals surface area contributed by atoms with E-state index in [2.05, 4.69) is 21.2 Å². The lowest BCUT2D eigenvalue weighted by atomic mass is 10.1. The lowest BCUT2D eigenvalue weighted by Crippen LogP contribution is -2.42. The lowest BCUT2D eigenvalue weighted by Gasteiger charge is -2.24. The summed E-state index contributed by atoms with van der Waals surface area (Å²) in [6.45, 7) is 4.59. The standard InChI is InChI=1S/C18H21BrFNO2/c1-18(2,12-22)21-10-14-9-15(19)7-8-17(14)23-11-13-5-3-4-6-16(13)20/h3-9,21-22H,10-12H2,1-2H3. The van der Waals surface area contributed by atoms with Crippen LogP contribution in [0.15, 0.2) is 46.9 Å². The number of nitrogens with one attached hydrogen (secondary N) is 1. The quantitative estimate of drug-likeness (QED) is 0.760. The maximum Gasteiger partial charge on any atom is 0.129 e. The van der Waals surface area contributed by atoms with E-state index in [4.69, 9.17) is 4.74 Å². The molecule has 0 saturated heterocycles. The van der Waals surface area contributed by atoms with Crippen LogP contribution in [-0.2, 0) is 13.2 Å². The average Bonchev–Trinajstić information content (AvgIpc) is 2.53. The van der Waals surface area contributed by atoms with Gasteiger partial charge in [-0.25, -0.2) is 4.39 Å². The second-order valence-corrected chi connectivity index (χ2v) is 6.94. The van der Waals surface area contributed by atoms with Gasteiger partial charge in [-0.05, 0) is 38.1 Å². The molecule has 0 saturated carbocycles. The van der Waals surface area contributed by atoms with E-state index in [1.54, 1.807) is 18.2 Å². The number of rotatable bonds is 7. The third-order valence-corrected chi connectivity index (χ3v) is 4.01. The normalized spacial score (nSPS) is 11.5. The molecule has 2 aromatic rings. The van der Waals surface area contributed by atoms with Crippen LogP contribution < -0.4 is 10.1 Å². The number of hydrogen-bond donors (Lipinski definition) is 2. The molecule has 2 N–H and O–H groups in total. The molecule has 3 nitrogen and oxygen atoms in total. The van der Waals surface area contributed by atoms with Crippen molar-refractivity contribution in [3.63, 3.8) is 0 Å². The molecule has 0 spiro atoms. The van der Waals surface area contributed by atoms with Gasteiger partial charge in [0, 0.05) is 27.7 Å². The molecule has 0 fully saturated rings. The highest BCUT2D eigenvalue weighted by molar-refractivity contribution is 9.10. The Morgan fingerprint density at radius 3 is 2.61 bits per heavy atom. The molecule has 2 rings (SSSR count). The van der Waals surface area contributed by atoms with Crippen LogP contribution >= 0.6 is 15.9 Å². The first-order chi connectivity index (χ1) is 10.9. The summed E-state index contributed by atoms with van der Waals surface area (Å²) in [5.74, 6) is 0.420. The maximum atomic E-state index is 13.7. The van der Waals surface area contributed by atoms with E-state index in [1.165, 1.54) is 6.07 Å². The largest absolute Gasteiger partial charge is 0.488 e. The molecule has 124 valence electrons. The van der Waals surface area contributed by atoms with E-state index in [0.717, 1.165) is 10.0 Å². The van der Waals surface area contributed by atoms with Gasteiger partial charge in [0.05, 0.1) is 6.61 Å². The maximum absolute atomic E-state index is 13.7. The van der Waals surface area contributed by atoms with Crippen LogP contribution in [0.1, 0.15) is 25.0 Å². The summed E-state index contributed by atoms with van der Waals surface area (Å²) in [4.78, 5) is 0. The van der Waals surface area contributed by atoms with Crippen molar-refractivity contribution in [2.45, 2.75) is 32.5 Å². The van der Waals surface area contributed by atoms with E-state index in [9.17, 15) is 9.50 Å². The van der Waals surface area contributed by atoms with Gasteiger partial charge in [-0.3, -0.25) is 0 Å². The fourth-order valence-electron chi connectivity index (χ4n) is 1.99. The minimum atomic E-state index is -0.384. The number of benzene rings is 2. The highest BCUT2D eigenvalue weighted by atomic mass is 79.9. The zero-order chi connectivity index (χ0) is 16.9. The second kappa shape index (κ2) is 7.90. The molecular formula is C18H21BrFNO2. The van der Waals surface area contributed by atoms with E-state index in [0.29, 0.717) is 17.9 Å². The summed E-state index contributed by atoms with van der Waals surface area (Å²) in [5, 5.41) is 12.6. The van der Waals surface area contributed by atoms with Crippen molar-refractivity contribution >= 4 is 15.9 Å². The topological polar surface area (TPSA) is 41.5 Å². The predicted octanol–water partition coefficient (Wildman–Crippen LogP) is 4.03. The zero-order valence-electron chi connectivity index (χ0n) is 13.3. The van der Waals surface area contributed by atoms with Gasteiger partial charge in [0.15, 0.2) is 0 Å². The lowest BCUT2D eigenvalue weighted by molar-refractivity contribution is 0.186. The first kappa shape index (κ1) is 17.9. The van der Waals surface area contributed by atoms with Crippen molar-refractivity contribution in [2.75, 3.05) is 6.61 Å². The summed E-state index contributed by atoms with van der Waals surface area (Å²) in [6, 6.07) is 12.3. The number of halogens is 2. The van der Waals surface area contributed by atoms with Crippen LogP contribution in [0.4, 0.5) is 4.39 Å². The third-order valence-electron chi connectivity index (χ3n) is 3.52. The van der Waals surface area contributed by atoms with Gasteiger partial charge >= 0.3 is 0 Å². The summed E-state index contributed by atoms with van der Waals surface area (Å²) >= 11 is 3.45. The van der Waals surface area contributed by atoms with Crippen LogP contribution in [0.3, 0.4) is 0 Å². The minimum Gasteiger partial charge on any atom is -0.488 e. The molecule has 0 aliphatic carbocycles. The fourth-order valence-corrected chi connectivity index (χ4v) is 2.40. The van der Waals surface area contributed by atoms with Crippen LogP contribution in [0.25, 0.3) is 0 Å². The van der Waals surface area contributed by atoms with Gasteiger partial charge in [0.2, 0.25) is 0 Å². The van der Waals surface area contributed by atoms with Crippen molar-refractivity contribution in [1.29, 1.82) is 0 Å². The first-order valence-electron chi connectivity index (χ1n) is 7.42.